The van der Waals surface area contributed by atoms with Crippen LogP contribution in [-0.4, -0.2) is 23.3 Å². The second kappa shape index (κ2) is 5.37. The Morgan fingerprint density at radius 2 is 2.35 bits per heavy atom. The summed E-state index contributed by atoms with van der Waals surface area (Å²) in [5.41, 5.74) is -2.06. The van der Waals surface area contributed by atoms with Gasteiger partial charge in [0.1, 0.15) is 5.41 Å². The molecule has 1 aliphatic carbocycles. The summed E-state index contributed by atoms with van der Waals surface area (Å²) >= 11 is 0. The van der Waals surface area contributed by atoms with E-state index < -0.39 is 11.0 Å². The summed E-state index contributed by atoms with van der Waals surface area (Å²) in [6.07, 6.45) is 9.48. The molecule has 0 aromatic rings. The van der Waals surface area contributed by atoms with Crippen LogP contribution in [0, 0.1) is 17.8 Å². The molecule has 0 amide bonds. The average molecular weight is 236 g/mol. The van der Waals surface area contributed by atoms with Gasteiger partial charge in [-0.2, -0.15) is 0 Å². The zero-order chi connectivity index (χ0) is 12.9. The van der Waals surface area contributed by atoms with E-state index in [4.69, 9.17) is 11.2 Å². The first kappa shape index (κ1) is 13.8. The van der Waals surface area contributed by atoms with Crippen LogP contribution in [0.25, 0.3) is 0 Å². The van der Waals surface area contributed by atoms with Crippen molar-refractivity contribution < 1.29 is 14.6 Å². The van der Waals surface area contributed by atoms with Crippen LogP contribution in [0.15, 0.2) is 12.7 Å². The summed E-state index contributed by atoms with van der Waals surface area (Å²) in [6.45, 7) is 5.73. The molecule has 0 bridgehead atoms. The van der Waals surface area contributed by atoms with Gasteiger partial charge in [-0.3, -0.25) is 4.79 Å². The normalized spacial score (nSPS) is 31.8. The maximum absolute atomic E-state index is 12.1. The third-order valence-electron chi connectivity index (χ3n) is 3.64. The van der Waals surface area contributed by atoms with Crippen molar-refractivity contribution in [2.45, 2.75) is 44.6 Å². The molecule has 2 atom stereocenters. The Morgan fingerprint density at radius 1 is 1.65 bits per heavy atom. The van der Waals surface area contributed by atoms with Gasteiger partial charge in [0, 0.05) is 6.42 Å². The van der Waals surface area contributed by atoms with Crippen molar-refractivity contribution in [3.05, 3.63) is 12.7 Å². The lowest BCUT2D eigenvalue weighted by Gasteiger charge is -2.38. The summed E-state index contributed by atoms with van der Waals surface area (Å²) in [4.78, 5) is 12.1. The van der Waals surface area contributed by atoms with E-state index in [-0.39, 0.29) is 12.4 Å². The van der Waals surface area contributed by atoms with E-state index in [2.05, 4.69) is 12.5 Å². The van der Waals surface area contributed by atoms with Crippen LogP contribution < -0.4 is 0 Å². The van der Waals surface area contributed by atoms with Crippen molar-refractivity contribution in [1.82, 2.24) is 0 Å². The maximum atomic E-state index is 12.1. The van der Waals surface area contributed by atoms with Crippen LogP contribution in [0.3, 0.4) is 0 Å². The lowest BCUT2D eigenvalue weighted by atomic mass is 9.70. The fourth-order valence-corrected chi connectivity index (χ4v) is 2.76. The number of hydrogen-bond acceptors (Lipinski definition) is 3. The third kappa shape index (κ3) is 2.23. The number of esters is 1. The molecule has 1 aliphatic rings. The maximum Gasteiger partial charge on any atom is 0.315 e. The second-order valence-corrected chi connectivity index (χ2v) is 4.56. The third-order valence-corrected chi connectivity index (χ3v) is 3.64. The van der Waals surface area contributed by atoms with Crippen LogP contribution in [-0.2, 0) is 9.53 Å². The molecule has 0 aliphatic heterocycles. The van der Waals surface area contributed by atoms with E-state index in [1.807, 2.05) is 0 Å². The van der Waals surface area contributed by atoms with Crippen LogP contribution in [0.4, 0.5) is 0 Å². The Morgan fingerprint density at radius 3 is 2.88 bits per heavy atom. The fraction of sp³-hybridized carbons (Fsp3) is 0.643. The first-order chi connectivity index (χ1) is 8.06. The quantitative estimate of drug-likeness (QED) is 0.451. The first-order valence-corrected chi connectivity index (χ1v) is 6.00. The Balaban J connectivity index is 3.09. The Kier molecular flexibility index (Phi) is 4.36. The van der Waals surface area contributed by atoms with E-state index in [1.54, 1.807) is 13.0 Å². The van der Waals surface area contributed by atoms with Gasteiger partial charge in [0.05, 0.1) is 12.2 Å². The summed E-state index contributed by atoms with van der Waals surface area (Å²) in [7, 11) is 0. The molecule has 0 saturated heterocycles. The topological polar surface area (TPSA) is 46.5 Å². The Labute approximate surface area is 103 Å². The number of rotatable bonds is 5. The summed E-state index contributed by atoms with van der Waals surface area (Å²) in [5, 5.41) is 10.6. The fourth-order valence-electron chi connectivity index (χ4n) is 2.76. The number of hydrogen-bond donors (Lipinski definition) is 1. The standard InChI is InChI=1S/C14H20O3/c1-4-8-13(12(15)17-6-3)10-7-11-14(13,16)9-5-2/h2,4,16H,1,6-11H2,3H3/t13-,14+/m0/s1. The van der Waals surface area contributed by atoms with Crippen LogP contribution in [0.5, 0.6) is 0 Å². The summed E-state index contributed by atoms with van der Waals surface area (Å²) in [6, 6.07) is 0. The number of terminal acetylenes is 1. The number of ether oxygens (including phenoxy) is 1. The van der Waals surface area contributed by atoms with Crippen LogP contribution in [0.1, 0.15) is 39.0 Å². The van der Waals surface area contributed by atoms with E-state index in [1.165, 1.54) is 0 Å². The predicted molar refractivity (Wildman–Crippen MR) is 66.1 cm³/mol. The molecule has 1 saturated carbocycles. The van der Waals surface area contributed by atoms with Gasteiger partial charge in [-0.1, -0.05) is 6.08 Å². The molecule has 3 nitrogen and oxygen atoms in total. The van der Waals surface area contributed by atoms with E-state index in [0.29, 0.717) is 25.9 Å². The highest BCUT2D eigenvalue weighted by molar-refractivity contribution is 5.79. The zero-order valence-corrected chi connectivity index (χ0v) is 10.4. The van der Waals surface area contributed by atoms with Crippen LogP contribution >= 0.6 is 0 Å². The molecule has 0 aromatic heterocycles. The molecule has 0 unspecified atom stereocenters. The molecule has 94 valence electrons. The molecular formula is C14H20O3. The van der Waals surface area contributed by atoms with Gasteiger partial charge in [-0.05, 0) is 32.6 Å². The Bertz CT molecular complexity index is 342. The minimum atomic E-state index is -1.15. The van der Waals surface area contributed by atoms with Gasteiger partial charge in [0.25, 0.3) is 0 Å². The molecular weight excluding hydrogens is 216 g/mol. The van der Waals surface area contributed by atoms with Crippen molar-refractivity contribution >= 4 is 5.97 Å². The lowest BCUT2D eigenvalue weighted by Crippen LogP contribution is -2.49. The molecule has 17 heavy (non-hydrogen) atoms. The van der Waals surface area contributed by atoms with E-state index >= 15 is 0 Å². The van der Waals surface area contributed by atoms with Crippen molar-refractivity contribution in [2.24, 2.45) is 5.41 Å². The number of carbonyl (C=O) groups excluding carboxylic acids is 1. The van der Waals surface area contributed by atoms with Gasteiger partial charge in [0.2, 0.25) is 0 Å². The van der Waals surface area contributed by atoms with Crippen molar-refractivity contribution in [3.8, 4) is 12.3 Å². The number of allylic oxidation sites excluding steroid dienone is 1. The number of carbonyl (C=O) groups is 1. The number of aliphatic hydroxyl groups is 1. The molecule has 0 spiro atoms. The van der Waals surface area contributed by atoms with Gasteiger partial charge in [-0.25, -0.2) is 0 Å². The van der Waals surface area contributed by atoms with Gasteiger partial charge < -0.3 is 9.84 Å². The average Bonchev–Trinajstić information content (AvgIpc) is 2.59. The Hall–Kier alpha value is -1.27. The molecule has 1 N–H and O–H groups in total. The summed E-state index contributed by atoms with van der Waals surface area (Å²) < 4.78 is 5.11. The molecule has 0 aromatic carbocycles. The highest BCUT2D eigenvalue weighted by atomic mass is 16.5. The minimum Gasteiger partial charge on any atom is -0.465 e. The van der Waals surface area contributed by atoms with Crippen LogP contribution in [0.2, 0.25) is 0 Å². The minimum absolute atomic E-state index is 0.180. The van der Waals surface area contributed by atoms with E-state index in [9.17, 15) is 9.90 Å². The van der Waals surface area contributed by atoms with E-state index in [0.717, 1.165) is 6.42 Å². The lowest BCUT2D eigenvalue weighted by molar-refractivity contribution is -0.170. The largest absolute Gasteiger partial charge is 0.465 e. The molecule has 1 rings (SSSR count). The zero-order valence-electron chi connectivity index (χ0n) is 10.4. The smallest absolute Gasteiger partial charge is 0.315 e. The second-order valence-electron chi connectivity index (χ2n) is 4.56. The van der Waals surface area contributed by atoms with Gasteiger partial charge in [-0.15, -0.1) is 18.9 Å². The SMILES string of the molecule is C#CC[C@@]1(O)CCC[C@@]1(CC=C)C(=O)OCC. The predicted octanol–water partition coefficient (Wildman–Crippen LogP) is 2.05. The molecule has 3 heteroatoms. The molecule has 1 fully saturated rings. The molecule has 0 heterocycles. The highest BCUT2D eigenvalue weighted by Gasteiger charge is 2.58. The van der Waals surface area contributed by atoms with Gasteiger partial charge in [0.15, 0.2) is 0 Å². The highest BCUT2D eigenvalue weighted by Crippen LogP contribution is 2.51. The van der Waals surface area contributed by atoms with Crippen molar-refractivity contribution in [3.63, 3.8) is 0 Å². The summed E-state index contributed by atoms with van der Waals surface area (Å²) in [5.74, 6) is 2.12. The van der Waals surface area contributed by atoms with Crippen molar-refractivity contribution in [2.75, 3.05) is 6.61 Å². The van der Waals surface area contributed by atoms with Crippen molar-refractivity contribution in [1.29, 1.82) is 0 Å². The monoisotopic (exact) mass is 236 g/mol. The van der Waals surface area contributed by atoms with Gasteiger partial charge >= 0.3 is 5.97 Å². The molecule has 0 radical (unpaired) electrons. The first-order valence-electron chi connectivity index (χ1n) is 6.00.